The lowest BCUT2D eigenvalue weighted by Gasteiger charge is -2.16. The second-order valence-corrected chi connectivity index (χ2v) is 8.74. The molecule has 1 aromatic heterocycles. The van der Waals surface area contributed by atoms with Crippen molar-refractivity contribution in [1.82, 2.24) is 4.98 Å². The summed E-state index contributed by atoms with van der Waals surface area (Å²) < 4.78 is 58.9. The van der Waals surface area contributed by atoms with Crippen molar-refractivity contribution in [2.24, 2.45) is 0 Å². The monoisotopic (exact) mass is 481 g/mol. The Morgan fingerprint density at radius 3 is 2.36 bits per heavy atom. The van der Waals surface area contributed by atoms with Gasteiger partial charge in [0.25, 0.3) is 0 Å². The van der Waals surface area contributed by atoms with E-state index in [0.29, 0.717) is 44.4 Å². The molecule has 0 bridgehead atoms. The van der Waals surface area contributed by atoms with E-state index in [0.717, 1.165) is 12.1 Å². The Balaban J connectivity index is 1.74. The summed E-state index contributed by atoms with van der Waals surface area (Å²) in [6.07, 6.45) is -6.35. The standard InChI is InChI=1S/C24H23F4NO3S/c1-4-19(23(30)31)32-20-10-7-16(11-13(20)2)18(25)12-21-14(3)29-22(33-21)15-5-8-17(9-6-15)24(26,27)28/h5-11,18-19H,4,12H2,1-3H3,(H,30,31). The summed E-state index contributed by atoms with van der Waals surface area (Å²) in [6.45, 7) is 5.17. The van der Waals surface area contributed by atoms with E-state index in [2.05, 4.69) is 4.98 Å². The SMILES string of the molecule is CCC(Oc1ccc(C(F)Cc2sc(-c3ccc(C(F)(F)F)cc3)nc2C)cc1C)C(=O)O. The quantitative estimate of drug-likeness (QED) is 0.354. The molecule has 9 heteroatoms. The highest BCUT2D eigenvalue weighted by atomic mass is 32.1. The molecule has 0 saturated heterocycles. The smallest absolute Gasteiger partial charge is 0.416 e. The van der Waals surface area contributed by atoms with Gasteiger partial charge in [-0.2, -0.15) is 13.2 Å². The molecule has 0 amide bonds. The van der Waals surface area contributed by atoms with Gasteiger partial charge in [0, 0.05) is 16.9 Å². The Labute approximate surface area is 192 Å². The highest BCUT2D eigenvalue weighted by Gasteiger charge is 2.30. The van der Waals surface area contributed by atoms with Crippen molar-refractivity contribution < 1.29 is 32.2 Å². The van der Waals surface area contributed by atoms with Crippen LogP contribution < -0.4 is 4.74 Å². The van der Waals surface area contributed by atoms with E-state index in [1.807, 2.05) is 0 Å². The third-order valence-corrected chi connectivity index (χ3v) is 6.42. The minimum atomic E-state index is -4.41. The molecule has 2 aromatic carbocycles. The zero-order valence-electron chi connectivity index (χ0n) is 18.2. The molecule has 4 nitrogen and oxygen atoms in total. The van der Waals surface area contributed by atoms with Crippen LogP contribution in [0.3, 0.4) is 0 Å². The molecular weight excluding hydrogens is 458 g/mol. The van der Waals surface area contributed by atoms with Gasteiger partial charge in [-0.25, -0.2) is 14.2 Å². The summed E-state index contributed by atoms with van der Waals surface area (Å²) in [4.78, 5) is 16.3. The fourth-order valence-corrected chi connectivity index (χ4v) is 4.38. The van der Waals surface area contributed by atoms with E-state index in [-0.39, 0.29) is 6.42 Å². The molecular formula is C24H23F4NO3S. The van der Waals surface area contributed by atoms with Gasteiger partial charge in [0.15, 0.2) is 6.10 Å². The van der Waals surface area contributed by atoms with Crippen LogP contribution in [0.25, 0.3) is 10.6 Å². The highest BCUT2D eigenvalue weighted by molar-refractivity contribution is 7.15. The van der Waals surface area contributed by atoms with Gasteiger partial charge in [-0.15, -0.1) is 11.3 Å². The average Bonchev–Trinajstić information content (AvgIpc) is 3.12. The van der Waals surface area contributed by atoms with Gasteiger partial charge in [0.05, 0.1) is 11.3 Å². The number of aromatic nitrogens is 1. The van der Waals surface area contributed by atoms with Crippen LogP contribution in [0, 0.1) is 13.8 Å². The van der Waals surface area contributed by atoms with Crippen molar-refractivity contribution >= 4 is 17.3 Å². The molecule has 3 rings (SSSR count). The van der Waals surface area contributed by atoms with E-state index in [1.54, 1.807) is 39.0 Å². The van der Waals surface area contributed by atoms with E-state index < -0.39 is 30.0 Å². The van der Waals surface area contributed by atoms with Crippen molar-refractivity contribution in [3.8, 4) is 16.3 Å². The average molecular weight is 482 g/mol. The summed E-state index contributed by atoms with van der Waals surface area (Å²) in [5.41, 5.74) is 1.48. The maximum atomic E-state index is 15.1. The van der Waals surface area contributed by atoms with Crippen LogP contribution in [0.5, 0.6) is 5.75 Å². The number of carbonyl (C=O) groups is 1. The number of ether oxygens (including phenoxy) is 1. The molecule has 1 heterocycles. The molecule has 1 N–H and O–H groups in total. The number of carboxylic acid groups (broad SMARTS) is 1. The normalized spacial score (nSPS) is 13.5. The summed E-state index contributed by atoms with van der Waals surface area (Å²) in [5.74, 6) is -0.673. The van der Waals surface area contributed by atoms with Crippen LogP contribution in [0.1, 0.15) is 46.8 Å². The lowest BCUT2D eigenvalue weighted by atomic mass is 10.0. The van der Waals surface area contributed by atoms with Gasteiger partial charge >= 0.3 is 12.1 Å². The lowest BCUT2D eigenvalue weighted by molar-refractivity contribution is -0.145. The van der Waals surface area contributed by atoms with Crippen molar-refractivity contribution in [3.63, 3.8) is 0 Å². The topological polar surface area (TPSA) is 59.4 Å². The summed E-state index contributed by atoms with van der Waals surface area (Å²) in [7, 11) is 0. The Morgan fingerprint density at radius 2 is 1.82 bits per heavy atom. The van der Waals surface area contributed by atoms with Crippen LogP contribution >= 0.6 is 11.3 Å². The first-order valence-corrected chi connectivity index (χ1v) is 11.1. The number of alkyl halides is 4. The minimum absolute atomic E-state index is 0.0660. The second-order valence-electron chi connectivity index (χ2n) is 7.65. The first-order chi connectivity index (χ1) is 15.5. The molecule has 0 radical (unpaired) electrons. The number of carboxylic acids is 1. The molecule has 176 valence electrons. The maximum Gasteiger partial charge on any atom is 0.416 e. The first kappa shape index (κ1) is 24.7. The molecule has 2 unspecified atom stereocenters. The number of nitrogens with zero attached hydrogens (tertiary/aromatic N) is 1. The van der Waals surface area contributed by atoms with Crippen LogP contribution in [-0.2, 0) is 17.4 Å². The van der Waals surface area contributed by atoms with Crippen molar-refractivity contribution in [2.75, 3.05) is 0 Å². The van der Waals surface area contributed by atoms with Gasteiger partial charge in [-0.1, -0.05) is 25.1 Å². The molecule has 0 spiro atoms. The van der Waals surface area contributed by atoms with Crippen LogP contribution in [0.15, 0.2) is 42.5 Å². The number of halogens is 4. The Kier molecular flexibility index (Phi) is 7.41. The van der Waals surface area contributed by atoms with Crippen LogP contribution in [-0.4, -0.2) is 22.2 Å². The van der Waals surface area contributed by atoms with E-state index in [1.165, 1.54) is 23.5 Å². The van der Waals surface area contributed by atoms with Gasteiger partial charge in [0.1, 0.15) is 16.9 Å². The van der Waals surface area contributed by atoms with E-state index in [9.17, 15) is 18.0 Å². The fourth-order valence-electron chi connectivity index (χ4n) is 3.28. The largest absolute Gasteiger partial charge is 0.479 e. The predicted molar refractivity (Wildman–Crippen MR) is 118 cm³/mol. The second kappa shape index (κ2) is 9.91. The first-order valence-electron chi connectivity index (χ1n) is 10.3. The third kappa shape index (κ3) is 5.90. The lowest BCUT2D eigenvalue weighted by Crippen LogP contribution is -2.26. The summed E-state index contributed by atoms with van der Waals surface area (Å²) in [5, 5.41) is 9.68. The van der Waals surface area contributed by atoms with E-state index in [4.69, 9.17) is 9.84 Å². The van der Waals surface area contributed by atoms with Gasteiger partial charge < -0.3 is 9.84 Å². The summed E-state index contributed by atoms with van der Waals surface area (Å²) >= 11 is 1.25. The number of hydrogen-bond acceptors (Lipinski definition) is 4. The molecule has 0 aliphatic heterocycles. The molecule has 3 aromatic rings. The van der Waals surface area contributed by atoms with Gasteiger partial charge in [0.2, 0.25) is 0 Å². The Morgan fingerprint density at radius 1 is 1.15 bits per heavy atom. The Bertz CT molecular complexity index is 1130. The molecule has 0 aliphatic carbocycles. The number of hydrogen-bond donors (Lipinski definition) is 1. The van der Waals surface area contributed by atoms with E-state index >= 15 is 4.39 Å². The van der Waals surface area contributed by atoms with Gasteiger partial charge in [-0.05, 0) is 55.7 Å². The van der Waals surface area contributed by atoms with Crippen LogP contribution in [0.2, 0.25) is 0 Å². The molecule has 33 heavy (non-hydrogen) atoms. The van der Waals surface area contributed by atoms with Crippen molar-refractivity contribution in [1.29, 1.82) is 0 Å². The third-order valence-electron chi connectivity index (χ3n) is 5.19. The molecule has 0 aliphatic rings. The van der Waals surface area contributed by atoms with Crippen molar-refractivity contribution in [3.05, 3.63) is 69.7 Å². The maximum absolute atomic E-state index is 15.1. The molecule has 2 atom stereocenters. The molecule has 0 fully saturated rings. The van der Waals surface area contributed by atoms with Crippen molar-refractivity contribution in [2.45, 2.75) is 52.1 Å². The van der Waals surface area contributed by atoms with Gasteiger partial charge in [-0.3, -0.25) is 0 Å². The Hall–Kier alpha value is -2.94. The molecule has 0 saturated carbocycles. The number of aliphatic carboxylic acids is 1. The fraction of sp³-hybridized carbons (Fsp3) is 0.333. The number of aryl methyl sites for hydroxylation is 2. The predicted octanol–water partition coefficient (Wildman–Crippen LogP) is 6.94. The number of thiazole rings is 1. The van der Waals surface area contributed by atoms with Crippen LogP contribution in [0.4, 0.5) is 17.6 Å². The number of rotatable bonds is 8. The summed E-state index contributed by atoms with van der Waals surface area (Å²) in [6, 6.07) is 9.49. The highest BCUT2D eigenvalue weighted by Crippen LogP contribution is 2.35. The minimum Gasteiger partial charge on any atom is -0.479 e. The number of benzene rings is 2. The zero-order chi connectivity index (χ0) is 24.3. The zero-order valence-corrected chi connectivity index (χ0v) is 19.1.